The Morgan fingerprint density at radius 3 is 2.74 bits per heavy atom. The van der Waals surface area contributed by atoms with E-state index < -0.39 is 0 Å². The topological polar surface area (TPSA) is 126 Å². The lowest BCUT2D eigenvalue weighted by Gasteiger charge is -2.24. The van der Waals surface area contributed by atoms with Crippen molar-refractivity contribution in [2.75, 3.05) is 31.0 Å². The molecule has 4 aromatic rings. The molecule has 10 nitrogen and oxygen atoms in total. The zero-order chi connectivity index (χ0) is 25.9. The lowest BCUT2D eigenvalue weighted by molar-refractivity contribution is 0.0662. The highest BCUT2D eigenvalue weighted by molar-refractivity contribution is 5.93. The summed E-state index contributed by atoms with van der Waals surface area (Å²) in [5, 5.41) is 21.9. The molecule has 196 valence electrons. The van der Waals surface area contributed by atoms with Gasteiger partial charge in [-0.1, -0.05) is 25.3 Å². The number of H-pyrrole nitrogens is 1. The van der Waals surface area contributed by atoms with E-state index in [-0.39, 0.29) is 0 Å². The minimum absolute atomic E-state index is 0.340. The minimum Gasteiger partial charge on any atom is -0.495 e. The summed E-state index contributed by atoms with van der Waals surface area (Å²) in [6.07, 6.45) is 13.5. The maximum absolute atomic E-state index is 9.63. The second-order valence-electron chi connectivity index (χ2n) is 10.0. The van der Waals surface area contributed by atoms with Gasteiger partial charge < -0.3 is 25.1 Å². The van der Waals surface area contributed by atoms with E-state index in [4.69, 9.17) is 14.5 Å². The van der Waals surface area contributed by atoms with E-state index in [1.807, 2.05) is 29.1 Å². The van der Waals surface area contributed by atoms with Gasteiger partial charge in [0.2, 0.25) is 5.95 Å². The monoisotopic (exact) mass is 512 g/mol. The van der Waals surface area contributed by atoms with Gasteiger partial charge in [0.25, 0.3) is 0 Å². The van der Waals surface area contributed by atoms with Crippen LogP contribution in [0.1, 0.15) is 56.6 Å². The molecule has 4 heterocycles. The molecule has 6 rings (SSSR count). The lowest BCUT2D eigenvalue weighted by atomic mass is 9.95. The zero-order valence-electron chi connectivity index (χ0n) is 21.5. The lowest BCUT2D eigenvalue weighted by Crippen LogP contribution is -2.23. The number of aromatic amines is 1. The molecule has 1 aliphatic heterocycles. The number of benzene rings is 1. The molecule has 0 unspecified atom stereocenters. The summed E-state index contributed by atoms with van der Waals surface area (Å²) in [6, 6.07) is 8.97. The van der Waals surface area contributed by atoms with Crippen molar-refractivity contribution < 1.29 is 9.47 Å². The van der Waals surface area contributed by atoms with Crippen molar-refractivity contribution in [3.8, 4) is 22.9 Å². The van der Waals surface area contributed by atoms with Crippen LogP contribution in [0.25, 0.3) is 22.2 Å². The highest BCUT2D eigenvalue weighted by Gasteiger charge is 2.20. The Labute approximate surface area is 221 Å². The Bertz CT molecular complexity index is 1460. The SMILES string of the molecule is COc1cc(-c2cnn(C3CCOCC3)c2)ccc1Nc1nc(NC2CCCCC2)c2c(C#N)c[nH]c2n1. The van der Waals surface area contributed by atoms with Gasteiger partial charge in [-0.25, -0.2) is 0 Å². The Morgan fingerprint density at radius 2 is 1.95 bits per heavy atom. The minimum atomic E-state index is 0.340. The third-order valence-corrected chi connectivity index (χ3v) is 7.55. The highest BCUT2D eigenvalue weighted by atomic mass is 16.5. The van der Waals surface area contributed by atoms with Gasteiger partial charge in [-0.05, 0) is 43.4 Å². The molecule has 1 aromatic carbocycles. The second kappa shape index (κ2) is 10.7. The molecule has 38 heavy (non-hydrogen) atoms. The van der Waals surface area contributed by atoms with E-state index in [0.29, 0.717) is 40.8 Å². The van der Waals surface area contributed by atoms with Crippen LogP contribution in [0, 0.1) is 11.3 Å². The Morgan fingerprint density at radius 1 is 1.11 bits per heavy atom. The Hall–Kier alpha value is -4.10. The fraction of sp³-hybridized carbons (Fsp3) is 0.429. The van der Waals surface area contributed by atoms with Crippen molar-refractivity contribution in [2.24, 2.45) is 0 Å². The fourth-order valence-corrected chi connectivity index (χ4v) is 5.45. The van der Waals surface area contributed by atoms with E-state index in [1.165, 1.54) is 19.3 Å². The summed E-state index contributed by atoms with van der Waals surface area (Å²) in [6.45, 7) is 1.56. The van der Waals surface area contributed by atoms with Crippen LogP contribution in [0.3, 0.4) is 0 Å². The number of aromatic nitrogens is 5. The number of rotatable bonds is 7. The number of nitriles is 1. The van der Waals surface area contributed by atoms with Crippen molar-refractivity contribution in [1.29, 1.82) is 5.26 Å². The molecule has 1 aliphatic carbocycles. The third-order valence-electron chi connectivity index (χ3n) is 7.55. The third kappa shape index (κ3) is 4.89. The van der Waals surface area contributed by atoms with E-state index in [9.17, 15) is 5.26 Å². The van der Waals surface area contributed by atoms with Crippen molar-refractivity contribution in [3.05, 3.63) is 42.4 Å². The quantitative estimate of drug-likeness (QED) is 0.295. The number of nitrogens with one attached hydrogen (secondary N) is 3. The molecule has 0 atom stereocenters. The molecule has 1 saturated heterocycles. The molecule has 0 spiro atoms. The zero-order valence-corrected chi connectivity index (χ0v) is 21.5. The summed E-state index contributed by atoms with van der Waals surface area (Å²) in [5.74, 6) is 1.79. The van der Waals surface area contributed by atoms with Gasteiger partial charge in [0.15, 0.2) is 0 Å². The molecule has 10 heteroatoms. The fourth-order valence-electron chi connectivity index (χ4n) is 5.45. The Kier molecular flexibility index (Phi) is 6.84. The van der Waals surface area contributed by atoms with E-state index in [1.54, 1.807) is 13.3 Å². The van der Waals surface area contributed by atoms with Crippen molar-refractivity contribution >= 4 is 28.5 Å². The summed E-state index contributed by atoms with van der Waals surface area (Å²) >= 11 is 0. The summed E-state index contributed by atoms with van der Waals surface area (Å²) in [4.78, 5) is 12.6. The number of fused-ring (bicyclic) bond motifs is 1. The average Bonchev–Trinajstić information content (AvgIpc) is 3.62. The van der Waals surface area contributed by atoms with Crippen molar-refractivity contribution in [1.82, 2.24) is 24.7 Å². The molecular weight excluding hydrogens is 480 g/mol. The molecular formula is C28H32N8O2. The second-order valence-corrected chi connectivity index (χ2v) is 10.0. The van der Waals surface area contributed by atoms with Crippen LogP contribution in [0.2, 0.25) is 0 Å². The van der Waals surface area contributed by atoms with Gasteiger partial charge in [0.05, 0.1) is 36.0 Å². The van der Waals surface area contributed by atoms with Gasteiger partial charge in [0.1, 0.15) is 23.3 Å². The molecule has 2 aliphatic rings. The van der Waals surface area contributed by atoms with Crippen LogP contribution in [0.15, 0.2) is 36.8 Å². The van der Waals surface area contributed by atoms with Crippen LogP contribution < -0.4 is 15.4 Å². The molecule has 3 N–H and O–H groups in total. The van der Waals surface area contributed by atoms with Crippen LogP contribution >= 0.6 is 0 Å². The summed E-state index contributed by atoms with van der Waals surface area (Å²) < 4.78 is 13.3. The first kappa shape index (κ1) is 24.2. The maximum atomic E-state index is 9.63. The normalized spacial score (nSPS) is 16.8. The van der Waals surface area contributed by atoms with E-state index in [0.717, 1.165) is 61.1 Å². The van der Waals surface area contributed by atoms with Gasteiger partial charge in [-0.2, -0.15) is 20.3 Å². The molecule has 2 fully saturated rings. The number of hydrogen-bond donors (Lipinski definition) is 3. The van der Waals surface area contributed by atoms with Gasteiger partial charge in [-0.15, -0.1) is 0 Å². The van der Waals surface area contributed by atoms with Crippen LogP contribution in [-0.4, -0.2) is 51.1 Å². The van der Waals surface area contributed by atoms with E-state index in [2.05, 4.69) is 38.0 Å². The van der Waals surface area contributed by atoms with Gasteiger partial charge >= 0.3 is 0 Å². The number of anilines is 3. The number of methoxy groups -OCH3 is 1. The van der Waals surface area contributed by atoms with Gasteiger partial charge in [-0.3, -0.25) is 4.68 Å². The molecule has 0 bridgehead atoms. The summed E-state index contributed by atoms with van der Waals surface area (Å²) in [7, 11) is 1.65. The van der Waals surface area contributed by atoms with Crippen LogP contribution in [-0.2, 0) is 4.74 Å². The van der Waals surface area contributed by atoms with Crippen molar-refractivity contribution in [3.63, 3.8) is 0 Å². The average molecular weight is 513 g/mol. The molecule has 0 radical (unpaired) electrons. The van der Waals surface area contributed by atoms with Crippen LogP contribution in [0.4, 0.5) is 17.5 Å². The first-order valence-electron chi connectivity index (χ1n) is 13.3. The molecule has 3 aromatic heterocycles. The largest absolute Gasteiger partial charge is 0.495 e. The highest BCUT2D eigenvalue weighted by Crippen LogP contribution is 2.34. The van der Waals surface area contributed by atoms with Crippen molar-refractivity contribution in [2.45, 2.75) is 57.0 Å². The van der Waals surface area contributed by atoms with E-state index >= 15 is 0 Å². The summed E-state index contributed by atoms with van der Waals surface area (Å²) in [5.41, 5.74) is 3.96. The standard InChI is InChI=1S/C28H32N8O2/c1-37-24-13-18(20-16-31-36(17-20)22-9-11-38-12-10-22)7-8-23(24)33-28-34-26-25(19(14-29)15-30-26)27(35-28)32-21-5-3-2-4-6-21/h7-8,13,15-17,21-22H,2-6,9-12H2,1H3,(H3,30,32,33,34,35). The maximum Gasteiger partial charge on any atom is 0.231 e. The number of ether oxygens (including phenoxy) is 2. The van der Waals surface area contributed by atoms with Crippen LogP contribution in [0.5, 0.6) is 5.75 Å². The first-order chi connectivity index (χ1) is 18.7. The van der Waals surface area contributed by atoms with Gasteiger partial charge in [0, 0.05) is 37.2 Å². The first-order valence-corrected chi connectivity index (χ1v) is 13.3. The number of hydrogen-bond acceptors (Lipinski definition) is 8. The predicted octanol–water partition coefficient (Wildman–Crippen LogP) is 5.54. The molecule has 1 saturated carbocycles. The molecule has 0 amide bonds. The number of nitrogens with zero attached hydrogens (tertiary/aromatic N) is 5. The Balaban J connectivity index is 1.27. The smallest absolute Gasteiger partial charge is 0.231 e. The predicted molar refractivity (Wildman–Crippen MR) is 146 cm³/mol.